The summed E-state index contributed by atoms with van der Waals surface area (Å²) >= 11 is 1.41. The Balaban J connectivity index is 1.72. The van der Waals surface area contributed by atoms with E-state index >= 15 is 0 Å². The molecule has 0 saturated carbocycles. The summed E-state index contributed by atoms with van der Waals surface area (Å²) in [4.78, 5) is 27.0. The topological polar surface area (TPSA) is 75.2 Å². The highest BCUT2D eigenvalue weighted by Gasteiger charge is 2.53. The van der Waals surface area contributed by atoms with E-state index in [1.54, 1.807) is 0 Å². The molecule has 1 fully saturated rings. The largest absolute Gasteiger partial charge is 0.325 e. The number of hydrogen-bond donors (Lipinski definition) is 1. The van der Waals surface area contributed by atoms with Crippen LogP contribution >= 0.6 is 11.3 Å². The van der Waals surface area contributed by atoms with E-state index < -0.39 is 5.54 Å². The molecule has 1 spiro atoms. The highest BCUT2D eigenvalue weighted by atomic mass is 32.1. The first-order valence-corrected chi connectivity index (χ1v) is 8.93. The predicted molar refractivity (Wildman–Crippen MR) is 89.4 cm³/mol. The maximum absolute atomic E-state index is 13.2. The van der Waals surface area contributed by atoms with Crippen molar-refractivity contribution < 1.29 is 9.59 Å². The maximum Gasteiger partial charge on any atom is 0.325 e. The van der Waals surface area contributed by atoms with E-state index in [-0.39, 0.29) is 18.5 Å². The average Bonchev–Trinajstić information content (AvgIpc) is 3.01. The number of aryl methyl sites for hydroxylation is 2. The third kappa shape index (κ3) is 2.31. The van der Waals surface area contributed by atoms with Crippen LogP contribution in [0.1, 0.15) is 40.4 Å². The first-order valence-electron chi connectivity index (χ1n) is 8.12. The van der Waals surface area contributed by atoms with Gasteiger partial charge in [-0.25, -0.2) is 4.79 Å². The van der Waals surface area contributed by atoms with Crippen LogP contribution in [0.4, 0.5) is 4.79 Å². The summed E-state index contributed by atoms with van der Waals surface area (Å²) in [6.45, 7) is 2.04. The Morgan fingerprint density at radius 1 is 1.25 bits per heavy atom. The molecule has 2 heterocycles. The first kappa shape index (κ1) is 15.3. The van der Waals surface area contributed by atoms with Crippen molar-refractivity contribution in [2.45, 2.75) is 44.7 Å². The predicted octanol–water partition coefficient (Wildman–Crippen LogP) is 2.52. The highest BCUT2D eigenvalue weighted by Crippen LogP contribution is 2.39. The molecule has 1 aliphatic carbocycles. The van der Waals surface area contributed by atoms with Crippen molar-refractivity contribution in [1.29, 1.82) is 0 Å². The molecule has 1 N–H and O–H groups in total. The van der Waals surface area contributed by atoms with Crippen LogP contribution in [0.25, 0.3) is 0 Å². The third-order valence-electron chi connectivity index (χ3n) is 4.76. The molecule has 2 aromatic rings. The van der Waals surface area contributed by atoms with Crippen molar-refractivity contribution in [1.82, 2.24) is 20.4 Å². The van der Waals surface area contributed by atoms with E-state index in [0.29, 0.717) is 11.4 Å². The molecule has 24 heavy (non-hydrogen) atoms. The highest BCUT2D eigenvalue weighted by molar-refractivity contribution is 7.11. The van der Waals surface area contributed by atoms with Gasteiger partial charge in [0.2, 0.25) is 0 Å². The van der Waals surface area contributed by atoms with E-state index in [1.165, 1.54) is 16.2 Å². The number of fused-ring (bicyclic) bond motifs is 2. The molecule has 4 rings (SSSR count). The monoisotopic (exact) mass is 342 g/mol. The van der Waals surface area contributed by atoms with Crippen LogP contribution in [0, 0.1) is 6.92 Å². The molecule has 0 unspecified atom stereocenters. The van der Waals surface area contributed by atoms with Gasteiger partial charge < -0.3 is 5.32 Å². The van der Waals surface area contributed by atoms with Crippen molar-refractivity contribution in [3.8, 4) is 0 Å². The van der Waals surface area contributed by atoms with Crippen LogP contribution in [-0.4, -0.2) is 27.0 Å². The minimum absolute atomic E-state index is 0.172. The number of nitrogens with one attached hydrogen (secondary N) is 1. The van der Waals surface area contributed by atoms with Crippen molar-refractivity contribution in [2.24, 2.45) is 0 Å². The van der Waals surface area contributed by atoms with E-state index in [2.05, 4.69) is 21.6 Å². The summed E-state index contributed by atoms with van der Waals surface area (Å²) in [5.74, 6) is -0.172. The number of carbonyl (C=O) groups is 2. The average molecular weight is 342 g/mol. The number of carbonyl (C=O) groups excluding carboxylic acids is 2. The van der Waals surface area contributed by atoms with Gasteiger partial charge in [-0.05, 0) is 43.7 Å². The van der Waals surface area contributed by atoms with Gasteiger partial charge in [-0.1, -0.05) is 35.6 Å². The van der Waals surface area contributed by atoms with Gasteiger partial charge in [0.05, 0.1) is 6.54 Å². The Morgan fingerprint density at radius 2 is 2.08 bits per heavy atom. The Bertz CT molecular complexity index is 818. The zero-order valence-corrected chi connectivity index (χ0v) is 14.2. The Hall–Kier alpha value is -2.28. The number of aromatic nitrogens is 2. The minimum Gasteiger partial charge on any atom is -0.319 e. The van der Waals surface area contributed by atoms with Crippen LogP contribution in [0.3, 0.4) is 0 Å². The molecule has 1 aliphatic heterocycles. The lowest BCUT2D eigenvalue weighted by Gasteiger charge is -2.27. The summed E-state index contributed by atoms with van der Waals surface area (Å²) in [5, 5.41) is 12.5. The van der Waals surface area contributed by atoms with E-state index in [0.717, 1.165) is 35.4 Å². The summed E-state index contributed by atoms with van der Waals surface area (Å²) in [6.07, 6.45) is 3.51. The molecule has 1 aromatic carbocycles. The van der Waals surface area contributed by atoms with Gasteiger partial charge in [0.1, 0.15) is 15.6 Å². The molecule has 3 amide bonds. The standard InChI is InChI=1S/C17H18N4O2S/c1-11-19-20-14(24-11)10-21-15(22)17(18-16(21)23)9-5-4-7-12-6-2-3-8-13(12)17/h2-3,6,8H,4-5,7,9-10H2,1H3,(H,18,23)/t17-/m0/s1. The molecule has 6 nitrogen and oxygen atoms in total. The van der Waals surface area contributed by atoms with E-state index in [9.17, 15) is 9.59 Å². The summed E-state index contributed by atoms with van der Waals surface area (Å²) < 4.78 is 0. The summed E-state index contributed by atoms with van der Waals surface area (Å²) in [6, 6.07) is 7.60. The van der Waals surface area contributed by atoms with E-state index in [1.807, 2.05) is 25.1 Å². The number of imide groups is 1. The summed E-state index contributed by atoms with van der Waals surface area (Å²) in [7, 11) is 0. The van der Waals surface area contributed by atoms with Gasteiger partial charge in [-0.2, -0.15) is 0 Å². The molecule has 124 valence electrons. The second kappa shape index (κ2) is 5.66. The molecular formula is C17H18N4O2S. The molecule has 2 aliphatic rings. The number of urea groups is 1. The van der Waals surface area contributed by atoms with E-state index in [4.69, 9.17) is 0 Å². The number of nitrogens with zero attached hydrogens (tertiary/aromatic N) is 3. The fourth-order valence-electron chi connectivity index (χ4n) is 3.65. The SMILES string of the molecule is Cc1nnc(CN2C(=O)N[C@]3(CCCCc4ccccc43)C2=O)s1. The minimum atomic E-state index is -0.927. The van der Waals surface area contributed by atoms with Gasteiger partial charge in [0, 0.05) is 0 Å². The van der Waals surface area contributed by atoms with Crippen LogP contribution in [-0.2, 0) is 23.3 Å². The van der Waals surface area contributed by atoms with Crippen molar-refractivity contribution in [2.75, 3.05) is 0 Å². The zero-order chi connectivity index (χ0) is 16.7. The summed E-state index contributed by atoms with van der Waals surface area (Å²) in [5.41, 5.74) is 1.17. The molecule has 0 radical (unpaired) electrons. The molecule has 1 saturated heterocycles. The van der Waals surface area contributed by atoms with Crippen molar-refractivity contribution in [3.05, 3.63) is 45.4 Å². The van der Waals surface area contributed by atoms with Gasteiger partial charge in [0.15, 0.2) is 0 Å². The number of rotatable bonds is 2. The van der Waals surface area contributed by atoms with Crippen LogP contribution in [0.2, 0.25) is 0 Å². The van der Waals surface area contributed by atoms with Crippen LogP contribution < -0.4 is 5.32 Å². The Kier molecular flexibility index (Phi) is 3.60. The molecular weight excluding hydrogens is 324 g/mol. The number of hydrogen-bond acceptors (Lipinski definition) is 5. The lowest BCUT2D eigenvalue weighted by Crippen LogP contribution is -2.44. The quantitative estimate of drug-likeness (QED) is 0.851. The van der Waals surface area contributed by atoms with Crippen molar-refractivity contribution in [3.63, 3.8) is 0 Å². The number of amides is 3. The number of benzene rings is 1. The normalized spacial score (nSPS) is 23.3. The van der Waals surface area contributed by atoms with Gasteiger partial charge in [-0.15, -0.1) is 10.2 Å². The lowest BCUT2D eigenvalue weighted by molar-refractivity contribution is -0.132. The Morgan fingerprint density at radius 3 is 2.88 bits per heavy atom. The molecule has 0 bridgehead atoms. The molecule has 1 atom stereocenters. The van der Waals surface area contributed by atoms with Crippen molar-refractivity contribution >= 4 is 23.3 Å². The maximum atomic E-state index is 13.2. The first-order chi connectivity index (χ1) is 11.6. The molecule has 7 heteroatoms. The third-order valence-corrected chi connectivity index (χ3v) is 5.59. The smallest absolute Gasteiger partial charge is 0.319 e. The fraction of sp³-hybridized carbons (Fsp3) is 0.412. The Labute approximate surface area is 143 Å². The van der Waals surface area contributed by atoms with Crippen LogP contribution in [0.5, 0.6) is 0 Å². The zero-order valence-electron chi connectivity index (χ0n) is 13.4. The van der Waals surface area contributed by atoms with Crippen LogP contribution in [0.15, 0.2) is 24.3 Å². The fourth-order valence-corrected chi connectivity index (χ4v) is 4.35. The second-order valence-corrected chi connectivity index (χ2v) is 7.57. The molecule has 1 aromatic heterocycles. The van der Waals surface area contributed by atoms with Gasteiger partial charge >= 0.3 is 6.03 Å². The van der Waals surface area contributed by atoms with Gasteiger partial charge in [-0.3, -0.25) is 9.69 Å². The second-order valence-electron chi connectivity index (χ2n) is 6.31. The van der Waals surface area contributed by atoms with Gasteiger partial charge in [0.25, 0.3) is 5.91 Å². The lowest BCUT2D eigenvalue weighted by atomic mass is 9.84.